The van der Waals surface area contributed by atoms with E-state index in [4.69, 9.17) is 10.2 Å². The van der Waals surface area contributed by atoms with Gasteiger partial charge in [0.25, 0.3) is 0 Å². The van der Waals surface area contributed by atoms with Crippen molar-refractivity contribution in [1.82, 2.24) is 5.32 Å². The van der Waals surface area contributed by atoms with Gasteiger partial charge in [-0.3, -0.25) is 4.79 Å². The van der Waals surface area contributed by atoms with Crippen LogP contribution in [0.15, 0.2) is 0 Å². The first-order chi connectivity index (χ1) is 6.51. The first-order valence-electron chi connectivity index (χ1n) is 4.20. The van der Waals surface area contributed by atoms with Crippen LogP contribution in [0.2, 0.25) is 0 Å². The van der Waals surface area contributed by atoms with Crippen molar-refractivity contribution in [2.45, 2.75) is 31.6 Å². The fourth-order valence-corrected chi connectivity index (χ4v) is 0.949. The molecule has 82 valence electrons. The minimum absolute atomic E-state index is 0.120. The molecule has 0 unspecified atom stereocenters. The summed E-state index contributed by atoms with van der Waals surface area (Å²) in [7, 11) is 0. The highest BCUT2D eigenvalue weighted by Gasteiger charge is 2.20. The highest BCUT2D eigenvalue weighted by atomic mass is 16.4. The van der Waals surface area contributed by atoms with Crippen LogP contribution in [-0.2, 0) is 9.59 Å². The number of carbonyl (C=O) groups excluding carboxylic acids is 2. The molecule has 0 saturated heterocycles. The zero-order chi connectivity index (χ0) is 11.1. The third kappa shape index (κ3) is 4.90. The Morgan fingerprint density at radius 2 is 2.00 bits per heavy atom. The van der Waals surface area contributed by atoms with Crippen LogP contribution in [0.25, 0.3) is 0 Å². The Morgan fingerprint density at radius 3 is 2.36 bits per heavy atom. The second kappa shape index (κ2) is 6.47. The molecule has 0 heterocycles. The molecule has 0 aliphatic heterocycles. The van der Waals surface area contributed by atoms with E-state index in [1.54, 1.807) is 0 Å². The lowest BCUT2D eigenvalue weighted by Crippen LogP contribution is -2.41. The van der Waals surface area contributed by atoms with Gasteiger partial charge in [-0.25, -0.2) is 0 Å². The van der Waals surface area contributed by atoms with Gasteiger partial charge in [-0.1, -0.05) is 0 Å². The number of aliphatic hydroxyl groups is 3. The van der Waals surface area contributed by atoms with Gasteiger partial charge in [0, 0.05) is 13.3 Å². The van der Waals surface area contributed by atoms with Crippen molar-refractivity contribution in [3.63, 3.8) is 0 Å². The first-order valence-corrected chi connectivity index (χ1v) is 4.20. The molecule has 0 bridgehead atoms. The van der Waals surface area contributed by atoms with Crippen molar-refractivity contribution < 1.29 is 24.9 Å². The average molecular weight is 205 g/mol. The zero-order valence-corrected chi connectivity index (χ0v) is 7.88. The number of rotatable bonds is 6. The monoisotopic (exact) mass is 205 g/mol. The summed E-state index contributed by atoms with van der Waals surface area (Å²) < 4.78 is 0. The Kier molecular flexibility index (Phi) is 6.02. The second-order valence-corrected chi connectivity index (χ2v) is 3.00. The maximum Gasteiger partial charge on any atom is 0.217 e. The van der Waals surface area contributed by atoms with Crippen LogP contribution in [-0.4, -0.2) is 52.4 Å². The molecule has 0 aliphatic carbocycles. The Morgan fingerprint density at radius 1 is 1.43 bits per heavy atom. The van der Waals surface area contributed by atoms with Crippen LogP contribution >= 0.6 is 0 Å². The fourth-order valence-electron chi connectivity index (χ4n) is 0.949. The van der Waals surface area contributed by atoms with Crippen molar-refractivity contribution in [2.24, 2.45) is 0 Å². The van der Waals surface area contributed by atoms with Gasteiger partial charge < -0.3 is 25.4 Å². The van der Waals surface area contributed by atoms with E-state index in [1.165, 1.54) is 6.92 Å². The zero-order valence-electron chi connectivity index (χ0n) is 7.88. The van der Waals surface area contributed by atoms with Crippen molar-refractivity contribution in [3.8, 4) is 0 Å². The van der Waals surface area contributed by atoms with Gasteiger partial charge in [0.2, 0.25) is 5.91 Å². The summed E-state index contributed by atoms with van der Waals surface area (Å²) in [6.07, 6.45) is -2.19. The smallest absolute Gasteiger partial charge is 0.217 e. The Balaban J connectivity index is 4.03. The third-order valence-corrected chi connectivity index (χ3v) is 1.68. The number of amides is 1. The lowest BCUT2D eigenvalue weighted by Gasteiger charge is -2.19. The molecule has 14 heavy (non-hydrogen) atoms. The fraction of sp³-hybridized carbons (Fsp3) is 0.750. The highest BCUT2D eigenvalue weighted by Crippen LogP contribution is 2.01. The predicted octanol–water partition coefficient (Wildman–Crippen LogP) is -2.21. The minimum atomic E-state index is -1.30. The largest absolute Gasteiger partial charge is 0.394 e. The summed E-state index contributed by atoms with van der Waals surface area (Å²) in [5, 5.41) is 29.0. The van der Waals surface area contributed by atoms with E-state index in [9.17, 15) is 14.7 Å². The molecule has 1 amide bonds. The highest BCUT2D eigenvalue weighted by molar-refractivity contribution is 5.77. The molecule has 0 aromatic heterocycles. The van der Waals surface area contributed by atoms with E-state index in [0.717, 1.165) is 0 Å². The van der Waals surface area contributed by atoms with Gasteiger partial charge in [-0.05, 0) is 0 Å². The summed E-state index contributed by atoms with van der Waals surface area (Å²) >= 11 is 0. The van der Waals surface area contributed by atoms with Crippen LogP contribution in [0.1, 0.15) is 13.3 Å². The summed E-state index contributed by atoms with van der Waals surface area (Å²) in [5.74, 6) is -0.396. The minimum Gasteiger partial charge on any atom is -0.394 e. The summed E-state index contributed by atoms with van der Waals surface area (Å²) in [4.78, 5) is 21.0. The lowest BCUT2D eigenvalue weighted by molar-refractivity contribution is -0.123. The summed E-state index contributed by atoms with van der Waals surface area (Å²) in [6.45, 7) is 0.651. The van der Waals surface area contributed by atoms with Crippen LogP contribution < -0.4 is 5.32 Å². The molecule has 0 rings (SSSR count). The standard InChI is InChI=1S/C8H15NO5/c1-5(12)9-6(3-10)2-7(13)8(14)4-11/h3,6-8,11,13-14H,2,4H2,1H3,(H,9,12)/t6-,7-,8+/m0/s1. The van der Waals surface area contributed by atoms with Gasteiger partial charge in [0.05, 0.1) is 18.8 Å². The quantitative estimate of drug-likeness (QED) is 0.368. The Labute approximate surface area is 81.5 Å². The van der Waals surface area contributed by atoms with Crippen molar-refractivity contribution >= 4 is 12.2 Å². The summed E-state index contributed by atoms with van der Waals surface area (Å²) in [6, 6.07) is -0.844. The Hall–Kier alpha value is -0.980. The van der Waals surface area contributed by atoms with Gasteiger partial charge >= 0.3 is 0 Å². The molecule has 0 radical (unpaired) electrons. The maximum atomic E-state index is 10.6. The van der Waals surface area contributed by atoms with Gasteiger partial charge in [-0.2, -0.15) is 0 Å². The molecule has 0 aromatic carbocycles. The van der Waals surface area contributed by atoms with Crippen LogP contribution in [0.5, 0.6) is 0 Å². The molecule has 6 nitrogen and oxygen atoms in total. The maximum absolute atomic E-state index is 10.6. The Bertz CT molecular complexity index is 196. The van der Waals surface area contributed by atoms with Crippen LogP contribution in [0.3, 0.4) is 0 Å². The third-order valence-electron chi connectivity index (χ3n) is 1.68. The van der Waals surface area contributed by atoms with Crippen molar-refractivity contribution in [2.75, 3.05) is 6.61 Å². The van der Waals surface area contributed by atoms with E-state index in [1.807, 2.05) is 0 Å². The molecule has 3 atom stereocenters. The molecule has 0 fully saturated rings. The van der Waals surface area contributed by atoms with Crippen LogP contribution in [0.4, 0.5) is 0 Å². The number of aldehydes is 1. The van der Waals surface area contributed by atoms with Gasteiger partial charge in [0.15, 0.2) is 0 Å². The molecule has 4 N–H and O–H groups in total. The van der Waals surface area contributed by atoms with E-state index < -0.39 is 30.8 Å². The molecule has 0 saturated carbocycles. The van der Waals surface area contributed by atoms with Gasteiger partial charge in [-0.15, -0.1) is 0 Å². The van der Waals surface area contributed by atoms with E-state index in [2.05, 4.69) is 5.32 Å². The van der Waals surface area contributed by atoms with Crippen LogP contribution in [0, 0.1) is 0 Å². The summed E-state index contributed by atoms with van der Waals surface area (Å²) in [5.41, 5.74) is 0. The van der Waals surface area contributed by atoms with Crippen molar-refractivity contribution in [3.05, 3.63) is 0 Å². The molecule has 0 spiro atoms. The number of aliphatic hydroxyl groups excluding tert-OH is 3. The predicted molar refractivity (Wildman–Crippen MR) is 47.4 cm³/mol. The van der Waals surface area contributed by atoms with E-state index in [-0.39, 0.29) is 6.42 Å². The normalized spacial score (nSPS) is 16.9. The lowest BCUT2D eigenvalue weighted by atomic mass is 10.1. The molecule has 0 aliphatic rings. The number of hydrogen-bond acceptors (Lipinski definition) is 5. The SMILES string of the molecule is CC(=O)N[C@H](C=O)C[C@H](O)[C@H](O)CO. The van der Waals surface area contributed by atoms with Gasteiger partial charge in [0.1, 0.15) is 12.4 Å². The van der Waals surface area contributed by atoms with E-state index >= 15 is 0 Å². The first kappa shape index (κ1) is 13.0. The average Bonchev–Trinajstić information content (AvgIpc) is 2.14. The molecule has 0 aromatic rings. The number of carbonyl (C=O) groups is 2. The molecular weight excluding hydrogens is 190 g/mol. The van der Waals surface area contributed by atoms with E-state index in [0.29, 0.717) is 6.29 Å². The second-order valence-electron chi connectivity index (χ2n) is 3.00. The topological polar surface area (TPSA) is 107 Å². The van der Waals surface area contributed by atoms with Crippen molar-refractivity contribution in [1.29, 1.82) is 0 Å². The number of nitrogens with one attached hydrogen (secondary N) is 1. The number of hydrogen-bond donors (Lipinski definition) is 4. The molecular formula is C8H15NO5. The molecule has 6 heteroatoms.